The molecule has 1 unspecified atom stereocenters. The van der Waals surface area contributed by atoms with Crippen LogP contribution in [0.4, 0.5) is 9.18 Å². The monoisotopic (exact) mass is 422 g/mol. The van der Waals surface area contributed by atoms with E-state index < -0.39 is 38.2 Å². The summed E-state index contributed by atoms with van der Waals surface area (Å²) in [6.07, 6.45) is 1.11. The summed E-state index contributed by atoms with van der Waals surface area (Å²) in [4.78, 5) is 33.2. The van der Waals surface area contributed by atoms with Crippen LogP contribution in [-0.4, -0.2) is 41.6 Å². The zero-order valence-corrected chi connectivity index (χ0v) is 18.1. The Kier molecular flexibility index (Phi) is 10.9. The quantitative estimate of drug-likeness (QED) is 0.309. The topological polar surface area (TPSA) is 102 Å². The number of esters is 1. The Bertz CT molecular complexity index is 525. The molecule has 0 bridgehead atoms. The largest absolute Gasteiger partial charge is 0.512 e. The number of halogens is 1. The van der Waals surface area contributed by atoms with E-state index in [1.165, 1.54) is 0 Å². The Balaban J connectivity index is 2.47. The van der Waals surface area contributed by atoms with Gasteiger partial charge in [-0.3, -0.25) is 4.79 Å². The number of hydrogen-bond donors (Lipinski definition) is 2. The van der Waals surface area contributed by atoms with Gasteiger partial charge in [-0.2, -0.15) is 4.89 Å². The second-order valence-electron chi connectivity index (χ2n) is 8.03. The van der Waals surface area contributed by atoms with Crippen molar-refractivity contribution in [2.45, 2.75) is 84.3 Å². The number of amides is 1. The number of carbonyl (C=O) groups excluding carboxylic acids is 2. The molecular weight excluding hydrogens is 388 g/mol. The zero-order chi connectivity index (χ0) is 21.3. The fourth-order valence-electron chi connectivity index (χ4n) is 3.27. The minimum atomic E-state index is -2.62. The Morgan fingerprint density at radius 2 is 1.75 bits per heavy atom. The number of alkyl halides is 1. The van der Waals surface area contributed by atoms with Crippen LogP contribution in [0.15, 0.2) is 0 Å². The molecule has 4 atom stereocenters. The van der Waals surface area contributed by atoms with E-state index in [-0.39, 0.29) is 30.7 Å². The summed E-state index contributed by atoms with van der Waals surface area (Å²) in [5, 5.41) is 2.43. The van der Waals surface area contributed by atoms with Gasteiger partial charge in [-0.15, -0.1) is 0 Å². The molecule has 9 heteroatoms. The summed E-state index contributed by atoms with van der Waals surface area (Å²) in [5.41, 5.74) is -0.900. The first-order valence-electron chi connectivity index (χ1n) is 10.1. The molecule has 1 fully saturated rings. The van der Waals surface area contributed by atoms with E-state index in [0.29, 0.717) is 0 Å². The van der Waals surface area contributed by atoms with Gasteiger partial charge in [0.15, 0.2) is 6.17 Å². The number of alkyl carbamates (subject to hydrolysis) is 1. The maximum Gasteiger partial charge on any atom is 0.512 e. The summed E-state index contributed by atoms with van der Waals surface area (Å²) in [7, 11) is -2.62. The fraction of sp³-hybridized carbons (Fsp3) is 0.895. The van der Waals surface area contributed by atoms with Crippen LogP contribution in [0.2, 0.25) is 0 Å². The number of hydrogen-bond acceptors (Lipinski definition) is 5. The van der Waals surface area contributed by atoms with Crippen LogP contribution in [0.25, 0.3) is 0 Å². The molecule has 1 saturated carbocycles. The van der Waals surface area contributed by atoms with Gasteiger partial charge in [0, 0.05) is 24.8 Å². The molecule has 1 aliphatic rings. The predicted molar refractivity (Wildman–Crippen MR) is 104 cm³/mol. The van der Waals surface area contributed by atoms with Crippen LogP contribution in [0, 0.1) is 17.8 Å². The number of ether oxygens (including phenoxy) is 2. The third-order valence-electron chi connectivity index (χ3n) is 4.92. The van der Waals surface area contributed by atoms with Crippen molar-refractivity contribution >= 4 is 20.1 Å². The summed E-state index contributed by atoms with van der Waals surface area (Å²) in [6.45, 7) is 6.81. The number of nitrogens with one attached hydrogen (secondary N) is 1. The molecule has 0 aromatic heterocycles. The first kappa shape index (κ1) is 24.8. The van der Waals surface area contributed by atoms with Crippen molar-refractivity contribution in [2.75, 3.05) is 6.54 Å². The smallest absolute Gasteiger partial charge is 0.425 e. The van der Waals surface area contributed by atoms with Gasteiger partial charge in [-0.05, 0) is 17.4 Å². The molecule has 2 N–H and O–H groups in total. The second-order valence-corrected chi connectivity index (χ2v) is 9.23. The molecule has 0 heterocycles. The van der Waals surface area contributed by atoms with E-state index in [4.69, 9.17) is 9.47 Å². The van der Waals surface area contributed by atoms with Crippen LogP contribution in [0.1, 0.15) is 66.2 Å². The van der Waals surface area contributed by atoms with E-state index in [9.17, 15) is 23.4 Å². The van der Waals surface area contributed by atoms with Crippen molar-refractivity contribution < 1.29 is 32.9 Å². The average Bonchev–Trinajstić information content (AvgIpc) is 2.61. The highest BCUT2D eigenvalue weighted by Crippen LogP contribution is 2.41. The zero-order valence-electron chi connectivity index (χ0n) is 17.2. The van der Waals surface area contributed by atoms with Crippen molar-refractivity contribution in [1.82, 2.24) is 5.32 Å². The van der Waals surface area contributed by atoms with E-state index >= 15 is 0 Å². The minimum absolute atomic E-state index is 0.0324. The minimum Gasteiger partial charge on any atom is -0.425 e. The Labute approximate surface area is 167 Å². The summed E-state index contributed by atoms with van der Waals surface area (Å²) >= 11 is 0. The fourth-order valence-corrected chi connectivity index (χ4v) is 4.35. The molecule has 0 aromatic rings. The third kappa shape index (κ3) is 8.39. The van der Waals surface area contributed by atoms with Gasteiger partial charge in [0.25, 0.3) is 6.29 Å². The highest BCUT2D eigenvalue weighted by atomic mass is 31.1. The molecule has 0 aliphatic heterocycles. The van der Waals surface area contributed by atoms with Crippen LogP contribution in [0.5, 0.6) is 0 Å². The van der Waals surface area contributed by atoms with Gasteiger partial charge >= 0.3 is 20.1 Å². The number of rotatable bonds is 10. The lowest BCUT2D eigenvalue weighted by Crippen LogP contribution is -2.37. The molecule has 28 heavy (non-hydrogen) atoms. The molecule has 1 amide bonds. The van der Waals surface area contributed by atoms with Gasteiger partial charge in [0.1, 0.15) is 0 Å². The van der Waals surface area contributed by atoms with Gasteiger partial charge in [0.05, 0.1) is 5.92 Å². The van der Waals surface area contributed by atoms with Crippen LogP contribution >= 0.6 is 8.03 Å². The first-order valence-corrected chi connectivity index (χ1v) is 11.4. The van der Waals surface area contributed by atoms with Crippen LogP contribution in [-0.2, 0) is 18.8 Å². The Morgan fingerprint density at radius 3 is 2.25 bits per heavy atom. The first-order chi connectivity index (χ1) is 13.1. The van der Waals surface area contributed by atoms with Gasteiger partial charge < -0.3 is 14.8 Å². The van der Waals surface area contributed by atoms with E-state index in [0.717, 1.165) is 32.1 Å². The predicted octanol–water partition coefficient (Wildman–Crippen LogP) is 4.31. The highest BCUT2D eigenvalue weighted by Gasteiger charge is 2.44. The van der Waals surface area contributed by atoms with E-state index in [1.807, 2.05) is 0 Å². The normalized spacial score (nSPS) is 19.1. The second kappa shape index (κ2) is 12.3. The lowest BCUT2D eigenvalue weighted by Gasteiger charge is -2.25. The molecule has 0 aromatic carbocycles. The Morgan fingerprint density at radius 1 is 1.14 bits per heavy atom. The molecule has 0 saturated heterocycles. The molecule has 0 radical (unpaired) electrons. The highest BCUT2D eigenvalue weighted by molar-refractivity contribution is 7.39. The lowest BCUT2D eigenvalue weighted by atomic mass is 9.85. The van der Waals surface area contributed by atoms with E-state index in [2.05, 4.69) is 5.32 Å². The standard InChI is InChI=1S/C19H33FNO6P/c1-12(2)17(22)26-18(13(3)4)27-19(23)21-11-10-15(20)16(28(24)25)14-8-6-5-7-9-14/h12-16,18H,5-11H2,1-4H3,(H-,21,23,24,25)/p+1/t15-,16-,18-/m1/s1. The van der Waals surface area contributed by atoms with Crippen LogP contribution < -0.4 is 5.32 Å². The molecule has 1 rings (SSSR count). The van der Waals surface area contributed by atoms with Gasteiger partial charge in [0.2, 0.25) is 5.66 Å². The summed E-state index contributed by atoms with van der Waals surface area (Å²) in [6, 6.07) is 0. The maximum absolute atomic E-state index is 14.6. The number of carbonyl (C=O) groups is 2. The van der Waals surface area contributed by atoms with Crippen molar-refractivity contribution in [1.29, 1.82) is 0 Å². The Hall–Kier alpha value is -1.27. The van der Waals surface area contributed by atoms with Gasteiger partial charge in [-0.1, -0.05) is 47.0 Å². The lowest BCUT2D eigenvalue weighted by molar-refractivity contribution is -0.178. The van der Waals surface area contributed by atoms with Crippen LogP contribution in [0.3, 0.4) is 0 Å². The molecule has 0 spiro atoms. The average molecular weight is 422 g/mol. The third-order valence-corrected chi connectivity index (χ3v) is 6.17. The maximum atomic E-state index is 14.6. The van der Waals surface area contributed by atoms with E-state index in [1.54, 1.807) is 27.7 Å². The molecule has 162 valence electrons. The SMILES string of the molecule is CC(C)C(=O)O[C@H](OC(=O)NCC[C@@H](F)[C@@H](C1CCCCC1)[P+](=O)O)C(C)C. The van der Waals surface area contributed by atoms with Crippen molar-refractivity contribution in [3.05, 3.63) is 0 Å². The van der Waals surface area contributed by atoms with Crippen molar-refractivity contribution in [3.8, 4) is 0 Å². The summed E-state index contributed by atoms with van der Waals surface area (Å²) < 4.78 is 36.5. The van der Waals surface area contributed by atoms with Crippen molar-refractivity contribution in [2.24, 2.45) is 17.8 Å². The molecule has 1 aliphatic carbocycles. The van der Waals surface area contributed by atoms with Crippen molar-refractivity contribution in [3.63, 3.8) is 0 Å². The molecular formula is C19H34FNO6P+. The molecule has 7 nitrogen and oxygen atoms in total. The summed E-state index contributed by atoms with van der Waals surface area (Å²) in [5.74, 6) is -1.16. The van der Waals surface area contributed by atoms with Gasteiger partial charge in [-0.25, -0.2) is 9.18 Å².